The number of benzene rings is 3. The third-order valence-electron chi connectivity index (χ3n) is 5.03. The van der Waals surface area contributed by atoms with Crippen molar-refractivity contribution in [2.24, 2.45) is 0 Å². The number of carbonyl (C=O) groups excluding carboxylic acids is 2. The van der Waals surface area contributed by atoms with Gasteiger partial charge in [0.15, 0.2) is 0 Å². The Balaban J connectivity index is 1.64. The van der Waals surface area contributed by atoms with Crippen molar-refractivity contribution < 1.29 is 24.2 Å². The lowest BCUT2D eigenvalue weighted by Gasteiger charge is -2.14. The van der Waals surface area contributed by atoms with Gasteiger partial charge in [0.2, 0.25) is 5.75 Å². The predicted octanol–water partition coefficient (Wildman–Crippen LogP) is 6.84. The summed E-state index contributed by atoms with van der Waals surface area (Å²) in [7, 11) is 0. The van der Waals surface area contributed by atoms with Gasteiger partial charge in [0.05, 0.1) is 27.4 Å². The average Bonchev–Trinajstić information content (AvgIpc) is 3.09. The van der Waals surface area contributed by atoms with Crippen molar-refractivity contribution in [3.63, 3.8) is 0 Å². The van der Waals surface area contributed by atoms with Gasteiger partial charge in [-0.1, -0.05) is 47.5 Å². The quantitative estimate of drug-likeness (QED) is 0.179. The van der Waals surface area contributed by atoms with Gasteiger partial charge in [-0.3, -0.25) is 34.7 Å². The van der Waals surface area contributed by atoms with Crippen LogP contribution in [0.5, 0.6) is 11.5 Å². The predicted molar refractivity (Wildman–Crippen MR) is 134 cm³/mol. The van der Waals surface area contributed by atoms with E-state index in [1.165, 1.54) is 12.1 Å². The van der Waals surface area contributed by atoms with Gasteiger partial charge >= 0.3 is 5.69 Å². The van der Waals surface area contributed by atoms with E-state index in [0.717, 1.165) is 23.1 Å². The fraction of sp³-hybridized carbons (Fsp3) is 0.0435. The average molecular weight is 546 g/mol. The normalized spacial score (nSPS) is 14.4. The van der Waals surface area contributed by atoms with Gasteiger partial charge in [-0.15, -0.1) is 0 Å². The molecule has 3 aromatic rings. The molecule has 0 saturated carbocycles. The summed E-state index contributed by atoms with van der Waals surface area (Å²) in [5.41, 5.74) is -0.282. The monoisotopic (exact) mass is 545 g/mol. The molecule has 1 fully saturated rings. The number of ether oxygens (including phenoxy) is 1. The standard InChI is InChI=1S/C23H13Cl2N3O7S/c24-16-5-3-6-17(25)15(16)12-26-22(29)21(36-23(26)30)10-13-4-1-2-7-19(13)35-20-9-8-14(27(31)32)11-18(20)28(33)34/h1-11H,12H2/b21-10-. The molecule has 0 N–H and O–H groups in total. The van der Waals surface area contributed by atoms with E-state index >= 15 is 0 Å². The maximum atomic E-state index is 13.0. The topological polar surface area (TPSA) is 133 Å². The maximum Gasteiger partial charge on any atom is 0.318 e. The highest BCUT2D eigenvalue weighted by atomic mass is 35.5. The van der Waals surface area contributed by atoms with E-state index in [4.69, 9.17) is 27.9 Å². The second kappa shape index (κ2) is 10.4. The van der Waals surface area contributed by atoms with Gasteiger partial charge < -0.3 is 4.74 Å². The van der Waals surface area contributed by atoms with Crippen molar-refractivity contribution in [2.75, 3.05) is 0 Å². The molecule has 0 aliphatic carbocycles. The van der Waals surface area contributed by atoms with Crippen molar-refractivity contribution in [1.29, 1.82) is 0 Å². The first-order chi connectivity index (χ1) is 17.2. The fourth-order valence-corrected chi connectivity index (χ4v) is 4.62. The molecular weight excluding hydrogens is 533 g/mol. The number of carbonyl (C=O) groups is 2. The Morgan fingerprint density at radius 1 is 0.917 bits per heavy atom. The fourth-order valence-electron chi connectivity index (χ4n) is 3.28. The maximum absolute atomic E-state index is 13.0. The SMILES string of the molecule is O=C1S/C(=C\c2ccccc2Oc2ccc([N+](=O)[O-])cc2[N+](=O)[O-])C(=O)N1Cc1c(Cl)cccc1Cl. The summed E-state index contributed by atoms with van der Waals surface area (Å²) < 4.78 is 5.70. The number of nitro groups is 2. The molecular formula is C23H13Cl2N3O7S. The van der Waals surface area contributed by atoms with Gasteiger partial charge in [0.25, 0.3) is 16.8 Å². The van der Waals surface area contributed by atoms with Crippen LogP contribution in [-0.4, -0.2) is 25.9 Å². The Morgan fingerprint density at radius 2 is 1.61 bits per heavy atom. The number of thioether (sulfide) groups is 1. The molecule has 0 atom stereocenters. The lowest BCUT2D eigenvalue weighted by Crippen LogP contribution is -2.27. The van der Waals surface area contributed by atoms with Crippen LogP contribution in [0.2, 0.25) is 10.0 Å². The van der Waals surface area contributed by atoms with Crippen LogP contribution in [0.25, 0.3) is 6.08 Å². The molecule has 1 saturated heterocycles. The summed E-state index contributed by atoms with van der Waals surface area (Å²) in [6, 6.07) is 14.2. The van der Waals surface area contributed by atoms with E-state index in [-0.39, 0.29) is 22.9 Å². The number of non-ortho nitro benzene ring substituents is 1. The zero-order chi connectivity index (χ0) is 26.0. The van der Waals surface area contributed by atoms with Gasteiger partial charge in [0.1, 0.15) is 5.75 Å². The van der Waals surface area contributed by atoms with Crippen LogP contribution in [0.4, 0.5) is 16.2 Å². The van der Waals surface area contributed by atoms with E-state index in [0.29, 0.717) is 32.9 Å². The first kappa shape index (κ1) is 25.2. The number of nitro benzene ring substituents is 2. The van der Waals surface area contributed by atoms with Gasteiger partial charge in [-0.25, -0.2) is 0 Å². The molecule has 1 aliphatic rings. The minimum Gasteiger partial charge on any atom is -0.449 e. The molecule has 0 unspecified atom stereocenters. The first-order valence-electron chi connectivity index (χ1n) is 10.0. The Labute approximate surface area is 217 Å². The van der Waals surface area contributed by atoms with E-state index in [2.05, 4.69) is 0 Å². The highest BCUT2D eigenvalue weighted by Crippen LogP contribution is 2.39. The van der Waals surface area contributed by atoms with Crippen LogP contribution < -0.4 is 4.74 Å². The molecule has 10 nitrogen and oxygen atoms in total. The highest BCUT2D eigenvalue weighted by molar-refractivity contribution is 8.18. The van der Waals surface area contributed by atoms with Crippen molar-refractivity contribution in [3.05, 3.63) is 107 Å². The molecule has 1 heterocycles. The number of nitrogens with zero attached hydrogens (tertiary/aromatic N) is 3. The number of hydrogen-bond donors (Lipinski definition) is 0. The Kier molecular flexibility index (Phi) is 7.25. The van der Waals surface area contributed by atoms with Crippen molar-refractivity contribution in [1.82, 2.24) is 4.90 Å². The summed E-state index contributed by atoms with van der Waals surface area (Å²) in [4.78, 5) is 47.6. The second-order valence-electron chi connectivity index (χ2n) is 7.27. The molecule has 2 amide bonds. The van der Waals surface area contributed by atoms with Crippen molar-refractivity contribution >= 4 is 63.6 Å². The van der Waals surface area contributed by atoms with Crippen LogP contribution in [0.15, 0.2) is 65.6 Å². The number of amides is 2. The summed E-state index contributed by atoms with van der Waals surface area (Å²) in [5.74, 6) is -0.666. The Bertz CT molecular complexity index is 1440. The van der Waals surface area contributed by atoms with Crippen molar-refractivity contribution in [3.8, 4) is 11.5 Å². The summed E-state index contributed by atoms with van der Waals surface area (Å²) in [6.07, 6.45) is 1.42. The number of imide groups is 1. The molecule has 3 aromatic carbocycles. The minimum absolute atomic E-state index is 0.0948. The summed E-state index contributed by atoms with van der Waals surface area (Å²) in [5, 5.41) is 22.5. The smallest absolute Gasteiger partial charge is 0.318 e. The molecule has 0 spiro atoms. The van der Waals surface area contributed by atoms with Crippen LogP contribution in [0.1, 0.15) is 11.1 Å². The largest absolute Gasteiger partial charge is 0.449 e. The lowest BCUT2D eigenvalue weighted by atomic mass is 10.1. The Hall–Kier alpha value is -3.93. The van der Waals surface area contributed by atoms with E-state index in [1.807, 2.05) is 0 Å². The number of para-hydroxylation sites is 1. The molecule has 36 heavy (non-hydrogen) atoms. The second-order valence-corrected chi connectivity index (χ2v) is 9.08. The minimum atomic E-state index is -0.795. The molecule has 0 aromatic heterocycles. The van der Waals surface area contributed by atoms with Gasteiger partial charge in [-0.05, 0) is 42.1 Å². The van der Waals surface area contributed by atoms with Gasteiger partial charge in [0, 0.05) is 27.2 Å². The third-order valence-corrected chi connectivity index (χ3v) is 6.64. The summed E-state index contributed by atoms with van der Waals surface area (Å²) >= 11 is 13.1. The summed E-state index contributed by atoms with van der Waals surface area (Å²) in [6.45, 7) is -0.117. The van der Waals surface area contributed by atoms with Crippen LogP contribution in [-0.2, 0) is 11.3 Å². The zero-order valence-electron chi connectivity index (χ0n) is 17.9. The van der Waals surface area contributed by atoms with Crippen LogP contribution in [0.3, 0.4) is 0 Å². The molecule has 0 bridgehead atoms. The first-order valence-corrected chi connectivity index (χ1v) is 11.6. The zero-order valence-corrected chi connectivity index (χ0v) is 20.2. The van der Waals surface area contributed by atoms with E-state index in [9.17, 15) is 29.8 Å². The molecule has 4 rings (SSSR count). The van der Waals surface area contributed by atoms with Gasteiger partial charge in [-0.2, -0.15) is 0 Å². The molecule has 0 radical (unpaired) electrons. The van der Waals surface area contributed by atoms with Crippen LogP contribution >= 0.6 is 35.0 Å². The number of halogens is 2. The number of rotatable bonds is 7. The van der Waals surface area contributed by atoms with Crippen molar-refractivity contribution in [2.45, 2.75) is 6.54 Å². The van der Waals surface area contributed by atoms with Crippen LogP contribution in [0, 0.1) is 20.2 Å². The molecule has 182 valence electrons. The molecule has 13 heteroatoms. The number of hydrogen-bond acceptors (Lipinski definition) is 8. The lowest BCUT2D eigenvalue weighted by molar-refractivity contribution is -0.394. The van der Waals surface area contributed by atoms with E-state index < -0.39 is 32.4 Å². The highest BCUT2D eigenvalue weighted by Gasteiger charge is 2.36. The molecule has 1 aliphatic heterocycles. The Morgan fingerprint density at radius 3 is 2.28 bits per heavy atom. The third kappa shape index (κ3) is 5.18. The van der Waals surface area contributed by atoms with E-state index in [1.54, 1.807) is 36.4 Å².